The van der Waals surface area contributed by atoms with Crippen LogP contribution in [0.1, 0.15) is 60.3 Å². The summed E-state index contributed by atoms with van der Waals surface area (Å²) in [5.74, 6) is 1.43. The van der Waals surface area contributed by atoms with Gasteiger partial charge < -0.3 is 14.0 Å². The summed E-state index contributed by atoms with van der Waals surface area (Å²) in [6, 6.07) is 37.9. The number of hydrogen-bond donors (Lipinski definition) is 0. The summed E-state index contributed by atoms with van der Waals surface area (Å²) >= 11 is 0. The normalized spacial score (nSPS) is 12.4. The zero-order chi connectivity index (χ0) is 35.0. The van der Waals surface area contributed by atoms with Crippen molar-refractivity contribution in [3.05, 3.63) is 138 Å². The molecule has 4 aromatic heterocycles. The molecule has 0 amide bonds. The molecule has 0 saturated carbocycles. The Balaban J connectivity index is 0.000000222. The Morgan fingerprint density at radius 3 is 2.29 bits per heavy atom. The van der Waals surface area contributed by atoms with Gasteiger partial charge in [0.05, 0.1) is 23.1 Å². The van der Waals surface area contributed by atoms with Crippen LogP contribution in [0.15, 0.2) is 114 Å². The second-order valence-corrected chi connectivity index (χ2v) is 12.0. The molecule has 8 rings (SSSR count). The summed E-state index contributed by atoms with van der Waals surface area (Å²) in [7, 11) is 0. The van der Waals surface area contributed by atoms with Gasteiger partial charge in [0.1, 0.15) is 5.58 Å². The quantitative estimate of drug-likeness (QED) is 0.162. The minimum Gasteiger partial charge on any atom is -0.501 e. The Bertz CT molecular complexity index is 2410. The maximum Gasteiger partial charge on any atom is 0.190 e. The van der Waals surface area contributed by atoms with Crippen LogP contribution in [0.3, 0.4) is 0 Å². The Labute approximate surface area is 298 Å². The Kier molecular flexibility index (Phi) is 8.53. The summed E-state index contributed by atoms with van der Waals surface area (Å²) in [4.78, 5) is 9.10. The molecule has 0 bridgehead atoms. The summed E-state index contributed by atoms with van der Waals surface area (Å²) in [5.41, 5.74) is 9.50. The molecule has 8 aromatic rings. The zero-order valence-electron chi connectivity index (χ0n) is 30.0. The molecule has 0 unspecified atom stereocenters. The second kappa shape index (κ2) is 14.0. The maximum absolute atomic E-state index is 7.23. The first-order chi connectivity index (χ1) is 24.1. The predicted octanol–water partition coefficient (Wildman–Crippen LogP) is 10.3. The molecule has 0 spiro atoms. The van der Waals surface area contributed by atoms with Gasteiger partial charge in [-0.15, -0.1) is 59.2 Å². The fourth-order valence-corrected chi connectivity index (χ4v) is 5.96. The Morgan fingerprint density at radius 2 is 1.58 bits per heavy atom. The Morgan fingerprint density at radius 1 is 0.792 bits per heavy atom. The van der Waals surface area contributed by atoms with E-state index in [0.717, 1.165) is 55.8 Å². The van der Waals surface area contributed by atoms with Crippen molar-refractivity contribution < 1.29 is 28.6 Å². The predicted molar refractivity (Wildman–Crippen MR) is 190 cm³/mol. The molecule has 4 heterocycles. The molecular weight excluding hydrogens is 771 g/mol. The van der Waals surface area contributed by atoms with Gasteiger partial charge in [-0.3, -0.25) is 4.98 Å². The average molecular weight is 809 g/mol. The third kappa shape index (κ3) is 6.19. The summed E-state index contributed by atoms with van der Waals surface area (Å²) < 4.78 is 30.3. The van der Waals surface area contributed by atoms with Crippen molar-refractivity contribution in [3.8, 4) is 28.3 Å². The number of rotatable bonds is 5. The first-order valence-corrected chi connectivity index (χ1v) is 15.7. The molecule has 0 fully saturated rings. The van der Waals surface area contributed by atoms with Gasteiger partial charge in [0.15, 0.2) is 5.65 Å². The fourth-order valence-electron chi connectivity index (χ4n) is 5.96. The van der Waals surface area contributed by atoms with Crippen LogP contribution in [-0.4, -0.2) is 24.7 Å². The molecule has 0 saturated heterocycles. The van der Waals surface area contributed by atoms with Crippen LogP contribution in [0.2, 0.25) is 0 Å². The number of benzene rings is 4. The van der Waals surface area contributed by atoms with Crippen molar-refractivity contribution >= 4 is 33.1 Å². The fraction of sp³-hybridized carbons (Fsp3) is 0.171. The van der Waals surface area contributed by atoms with Gasteiger partial charge in [0.25, 0.3) is 0 Å². The van der Waals surface area contributed by atoms with Crippen LogP contribution in [0.25, 0.3) is 61.4 Å². The van der Waals surface area contributed by atoms with E-state index in [9.17, 15) is 0 Å². The third-order valence-corrected chi connectivity index (χ3v) is 8.22. The molecule has 0 aliphatic carbocycles. The third-order valence-electron chi connectivity index (χ3n) is 8.22. The van der Waals surface area contributed by atoms with Gasteiger partial charge >= 0.3 is 0 Å². The van der Waals surface area contributed by atoms with E-state index in [1.54, 1.807) is 24.4 Å². The van der Waals surface area contributed by atoms with Crippen molar-refractivity contribution in [2.75, 3.05) is 0 Å². The van der Waals surface area contributed by atoms with Crippen molar-refractivity contribution in [3.63, 3.8) is 0 Å². The first kappa shape index (κ1) is 29.2. The number of hydrogen-bond acceptors (Lipinski definition) is 5. The topological polar surface area (TPSA) is 69.6 Å². The van der Waals surface area contributed by atoms with Crippen LogP contribution in [-0.2, 0) is 20.1 Å². The Hall–Kier alpha value is -4.97. The molecule has 1 radical (unpaired) electrons. The monoisotopic (exact) mass is 809 g/mol. The SMILES string of the molecule is CC(C)c1cccc(C(C)C)c1-n1c(-c2[c-]ccc3c2oc2ccccc23)nc2nnccc21.[2H]C([2H])([2H])c1ccc(-c2[c-]cccc2)nc1.[Ir]. The number of para-hydroxylation sites is 2. The number of fused-ring (bicyclic) bond motifs is 4. The molecule has 48 heavy (non-hydrogen) atoms. The van der Waals surface area contributed by atoms with Gasteiger partial charge in [0.2, 0.25) is 0 Å². The molecule has 0 aliphatic heterocycles. The molecule has 0 aliphatic rings. The van der Waals surface area contributed by atoms with E-state index >= 15 is 0 Å². The van der Waals surface area contributed by atoms with E-state index in [2.05, 4.69) is 89.9 Å². The molecule has 7 heteroatoms. The van der Waals surface area contributed by atoms with E-state index in [-0.39, 0.29) is 25.7 Å². The van der Waals surface area contributed by atoms with E-state index in [1.807, 2.05) is 48.5 Å². The minimum atomic E-state index is -2.09. The number of aryl methyl sites for hydroxylation is 1. The molecule has 0 N–H and O–H groups in total. The number of furan rings is 1. The van der Waals surface area contributed by atoms with E-state index in [4.69, 9.17) is 13.5 Å². The number of imidazole rings is 1. The smallest absolute Gasteiger partial charge is 0.190 e. The van der Waals surface area contributed by atoms with Gasteiger partial charge in [-0.2, -0.15) is 5.10 Å². The van der Waals surface area contributed by atoms with Crippen LogP contribution in [0.4, 0.5) is 0 Å². The van der Waals surface area contributed by atoms with Gasteiger partial charge in [-0.05, 0) is 53.2 Å². The van der Waals surface area contributed by atoms with Gasteiger partial charge in [-0.1, -0.05) is 87.2 Å². The second-order valence-electron chi connectivity index (χ2n) is 12.0. The number of aromatic nitrogens is 5. The summed E-state index contributed by atoms with van der Waals surface area (Å²) in [5, 5.41) is 10.6. The number of pyridine rings is 1. The van der Waals surface area contributed by atoms with Crippen LogP contribution in [0, 0.1) is 19.0 Å². The van der Waals surface area contributed by atoms with E-state index in [0.29, 0.717) is 17.5 Å². The van der Waals surface area contributed by atoms with Crippen molar-refractivity contribution in [1.82, 2.24) is 24.7 Å². The summed E-state index contributed by atoms with van der Waals surface area (Å²) in [6.07, 6.45) is 3.12. The minimum absolute atomic E-state index is 0. The van der Waals surface area contributed by atoms with Crippen molar-refractivity contribution in [1.29, 1.82) is 0 Å². The van der Waals surface area contributed by atoms with Gasteiger partial charge in [0, 0.05) is 41.5 Å². The van der Waals surface area contributed by atoms with Crippen LogP contribution >= 0.6 is 0 Å². The standard InChI is InChI=1S/C29H25N4O.C12H10N.Ir/c1-17(2)19-10-7-11-20(18(3)4)26(19)33-24-15-16-30-32-28(24)31-29(33)23-13-8-12-22-21-9-5-6-14-25(21)34-27(22)23;1-10-7-8-12(13-9-10)11-5-3-2-4-6-11;/h5-12,14-18H,1-4H3;2-5,7-9H,1H3;/q2*-1;/i;1D3;. The van der Waals surface area contributed by atoms with Crippen LogP contribution in [0.5, 0.6) is 0 Å². The molecular formula is C41H35IrN5O-2. The van der Waals surface area contributed by atoms with Crippen molar-refractivity contribution in [2.24, 2.45) is 0 Å². The molecule has 6 nitrogen and oxygen atoms in total. The van der Waals surface area contributed by atoms with E-state index in [1.165, 1.54) is 17.3 Å². The maximum atomic E-state index is 7.23. The molecule has 4 aromatic carbocycles. The number of nitrogens with zero attached hydrogens (tertiary/aromatic N) is 5. The summed E-state index contributed by atoms with van der Waals surface area (Å²) in [6.45, 7) is 6.83. The largest absolute Gasteiger partial charge is 0.501 e. The van der Waals surface area contributed by atoms with Gasteiger partial charge in [-0.25, -0.2) is 0 Å². The average Bonchev–Trinajstić information content (AvgIpc) is 3.70. The van der Waals surface area contributed by atoms with Crippen LogP contribution < -0.4 is 0 Å². The molecule has 241 valence electrons. The first-order valence-electron chi connectivity index (χ1n) is 17.2. The zero-order valence-corrected chi connectivity index (χ0v) is 29.4. The van der Waals surface area contributed by atoms with E-state index < -0.39 is 6.85 Å². The molecule has 0 atom stereocenters. The van der Waals surface area contributed by atoms with Crippen molar-refractivity contribution in [2.45, 2.75) is 46.4 Å².